The lowest BCUT2D eigenvalue weighted by molar-refractivity contribution is -0.384. The maximum Gasteiger partial charge on any atom is 0.271 e. The molecule has 0 saturated carbocycles. The van der Waals surface area contributed by atoms with Crippen LogP contribution in [0.5, 0.6) is 0 Å². The van der Waals surface area contributed by atoms with Gasteiger partial charge in [-0.3, -0.25) is 24.4 Å². The molecule has 1 N–H and O–H groups in total. The molecule has 1 amide bonds. The summed E-state index contributed by atoms with van der Waals surface area (Å²) >= 11 is 1.26. The Bertz CT molecular complexity index is 1080. The second-order valence-electron chi connectivity index (χ2n) is 7.10. The van der Waals surface area contributed by atoms with Gasteiger partial charge in [0, 0.05) is 36.6 Å². The molecule has 0 radical (unpaired) electrons. The predicted octanol–water partition coefficient (Wildman–Crippen LogP) is 2.74. The second kappa shape index (κ2) is 10.4. The summed E-state index contributed by atoms with van der Waals surface area (Å²) in [7, 11) is 0. The Morgan fingerprint density at radius 1 is 1.12 bits per heavy atom. The number of nitro benzene ring substituents is 1. The molecule has 2 heterocycles. The summed E-state index contributed by atoms with van der Waals surface area (Å²) in [5.41, 5.74) is 1.22. The number of aromatic nitrogens is 3. The number of nitrogens with zero attached hydrogens (tertiary/aromatic N) is 5. The van der Waals surface area contributed by atoms with Crippen molar-refractivity contribution < 1.29 is 14.5 Å². The van der Waals surface area contributed by atoms with Crippen molar-refractivity contribution in [3.05, 3.63) is 70.5 Å². The molecule has 0 atom stereocenters. The fourth-order valence-electron chi connectivity index (χ4n) is 3.32. The first-order valence-corrected chi connectivity index (χ1v) is 11.1. The second-order valence-corrected chi connectivity index (χ2v) is 8.05. The number of para-hydroxylation sites is 1. The molecule has 0 aliphatic carbocycles. The summed E-state index contributed by atoms with van der Waals surface area (Å²) in [4.78, 5) is 25.1. The third-order valence-corrected chi connectivity index (χ3v) is 5.79. The third kappa shape index (κ3) is 5.49. The molecule has 3 aromatic rings. The first kappa shape index (κ1) is 21.9. The third-order valence-electron chi connectivity index (χ3n) is 4.86. The Morgan fingerprint density at radius 2 is 1.91 bits per heavy atom. The lowest BCUT2D eigenvalue weighted by Crippen LogP contribution is -2.36. The number of carbonyl (C=O) groups excluding carboxylic acids is 1. The summed E-state index contributed by atoms with van der Waals surface area (Å²) in [5, 5.41) is 22.9. The molecule has 4 rings (SSSR count). The summed E-state index contributed by atoms with van der Waals surface area (Å²) in [6.45, 7) is 3.68. The average molecular weight is 455 g/mol. The van der Waals surface area contributed by atoms with Crippen molar-refractivity contribution in [3.8, 4) is 5.69 Å². The Hall–Kier alpha value is -3.28. The first-order chi connectivity index (χ1) is 15.6. The number of rotatable bonds is 8. The van der Waals surface area contributed by atoms with Crippen molar-refractivity contribution in [2.45, 2.75) is 11.7 Å². The number of nitrogens with one attached hydrogen (secondary N) is 1. The van der Waals surface area contributed by atoms with Crippen LogP contribution in [-0.4, -0.2) is 62.6 Å². The average Bonchev–Trinajstić information content (AvgIpc) is 3.21. The maximum atomic E-state index is 12.5. The Labute approximate surface area is 188 Å². The highest BCUT2D eigenvalue weighted by Crippen LogP contribution is 2.24. The minimum atomic E-state index is -0.497. The number of morpholine rings is 1. The van der Waals surface area contributed by atoms with Gasteiger partial charge < -0.3 is 10.1 Å². The molecule has 32 heavy (non-hydrogen) atoms. The van der Waals surface area contributed by atoms with Crippen molar-refractivity contribution in [1.82, 2.24) is 19.7 Å². The molecule has 2 aromatic carbocycles. The molecule has 11 heteroatoms. The molecule has 1 aliphatic heterocycles. The van der Waals surface area contributed by atoms with Gasteiger partial charge in [0.15, 0.2) is 11.0 Å². The Morgan fingerprint density at radius 3 is 2.66 bits per heavy atom. The molecule has 1 saturated heterocycles. The number of hydrogen-bond acceptors (Lipinski definition) is 8. The van der Waals surface area contributed by atoms with Gasteiger partial charge >= 0.3 is 0 Å². The minimum absolute atomic E-state index is 0.0768. The molecule has 0 spiro atoms. The van der Waals surface area contributed by atoms with E-state index >= 15 is 0 Å². The lowest BCUT2D eigenvalue weighted by Gasteiger charge is -2.26. The van der Waals surface area contributed by atoms with E-state index in [0.717, 1.165) is 24.6 Å². The highest BCUT2D eigenvalue weighted by molar-refractivity contribution is 7.99. The van der Waals surface area contributed by atoms with Gasteiger partial charge in [-0.25, -0.2) is 0 Å². The van der Waals surface area contributed by atoms with Gasteiger partial charge in [0.05, 0.1) is 30.4 Å². The van der Waals surface area contributed by atoms with Crippen LogP contribution in [0.2, 0.25) is 0 Å². The fourth-order valence-corrected chi connectivity index (χ4v) is 4.09. The van der Waals surface area contributed by atoms with Crippen LogP contribution >= 0.6 is 11.8 Å². The minimum Gasteiger partial charge on any atom is -0.379 e. The molecule has 1 fully saturated rings. The first-order valence-electron chi connectivity index (χ1n) is 10.1. The van der Waals surface area contributed by atoms with E-state index in [4.69, 9.17) is 4.74 Å². The molecule has 1 aliphatic rings. The van der Waals surface area contributed by atoms with Crippen molar-refractivity contribution in [2.24, 2.45) is 0 Å². The number of benzene rings is 2. The molecular weight excluding hydrogens is 432 g/mol. The number of carbonyl (C=O) groups is 1. The SMILES string of the molecule is O=C(CSc1nnc(CN2CCOCC2)n1-c1ccccc1)Nc1cccc([N+](=O)[O-])c1. The number of hydrogen-bond donors (Lipinski definition) is 1. The van der Waals surface area contributed by atoms with Crippen LogP contribution in [0.4, 0.5) is 11.4 Å². The molecule has 0 bridgehead atoms. The van der Waals surface area contributed by atoms with E-state index in [9.17, 15) is 14.9 Å². The van der Waals surface area contributed by atoms with Gasteiger partial charge in [-0.15, -0.1) is 10.2 Å². The van der Waals surface area contributed by atoms with E-state index in [1.165, 1.54) is 30.0 Å². The van der Waals surface area contributed by atoms with E-state index in [2.05, 4.69) is 20.4 Å². The van der Waals surface area contributed by atoms with Crippen LogP contribution in [0.1, 0.15) is 5.82 Å². The van der Waals surface area contributed by atoms with Gasteiger partial charge in [-0.2, -0.15) is 0 Å². The number of ether oxygens (including phenoxy) is 1. The van der Waals surface area contributed by atoms with Crippen LogP contribution in [0.25, 0.3) is 5.69 Å². The zero-order valence-electron chi connectivity index (χ0n) is 17.2. The van der Waals surface area contributed by atoms with Gasteiger partial charge in [0.2, 0.25) is 5.91 Å². The molecule has 166 valence electrons. The number of amides is 1. The monoisotopic (exact) mass is 454 g/mol. The van der Waals surface area contributed by atoms with Crippen molar-refractivity contribution in [1.29, 1.82) is 0 Å². The highest BCUT2D eigenvalue weighted by Gasteiger charge is 2.19. The van der Waals surface area contributed by atoms with E-state index in [0.29, 0.717) is 30.6 Å². The van der Waals surface area contributed by atoms with E-state index in [-0.39, 0.29) is 17.3 Å². The smallest absolute Gasteiger partial charge is 0.271 e. The number of non-ortho nitro benzene ring substituents is 1. The molecule has 0 unspecified atom stereocenters. The van der Waals surface area contributed by atoms with Crippen molar-refractivity contribution in [3.63, 3.8) is 0 Å². The summed E-state index contributed by atoms with van der Waals surface area (Å²) in [5.74, 6) is 0.595. The quantitative estimate of drug-likeness (QED) is 0.314. The highest BCUT2D eigenvalue weighted by atomic mass is 32.2. The summed E-state index contributed by atoms with van der Waals surface area (Å²) in [6.07, 6.45) is 0. The largest absolute Gasteiger partial charge is 0.379 e. The van der Waals surface area contributed by atoms with Crippen LogP contribution in [0.15, 0.2) is 59.8 Å². The van der Waals surface area contributed by atoms with Crippen molar-refractivity contribution >= 4 is 29.0 Å². The topological polar surface area (TPSA) is 115 Å². The molecule has 10 nitrogen and oxygen atoms in total. The number of nitro groups is 1. The normalized spacial score (nSPS) is 14.2. The Balaban J connectivity index is 1.47. The van der Waals surface area contributed by atoms with Crippen LogP contribution in [0, 0.1) is 10.1 Å². The lowest BCUT2D eigenvalue weighted by atomic mass is 10.3. The number of thioether (sulfide) groups is 1. The fraction of sp³-hybridized carbons (Fsp3) is 0.286. The number of anilines is 1. The van der Waals surface area contributed by atoms with E-state index < -0.39 is 4.92 Å². The van der Waals surface area contributed by atoms with Gasteiger partial charge in [0.25, 0.3) is 5.69 Å². The van der Waals surface area contributed by atoms with E-state index in [1.54, 1.807) is 6.07 Å². The van der Waals surface area contributed by atoms with Crippen LogP contribution in [0.3, 0.4) is 0 Å². The summed E-state index contributed by atoms with van der Waals surface area (Å²) in [6, 6.07) is 15.6. The summed E-state index contributed by atoms with van der Waals surface area (Å²) < 4.78 is 7.38. The Kier molecular flexibility index (Phi) is 7.10. The van der Waals surface area contributed by atoms with Gasteiger partial charge in [-0.1, -0.05) is 36.0 Å². The zero-order chi connectivity index (χ0) is 22.3. The maximum absolute atomic E-state index is 12.5. The van der Waals surface area contributed by atoms with Crippen LogP contribution < -0.4 is 5.32 Å². The van der Waals surface area contributed by atoms with E-state index in [1.807, 2.05) is 34.9 Å². The predicted molar refractivity (Wildman–Crippen MR) is 120 cm³/mol. The van der Waals surface area contributed by atoms with Gasteiger partial charge in [0.1, 0.15) is 0 Å². The zero-order valence-corrected chi connectivity index (χ0v) is 18.0. The van der Waals surface area contributed by atoms with Crippen molar-refractivity contribution in [2.75, 3.05) is 37.4 Å². The van der Waals surface area contributed by atoms with Crippen LogP contribution in [-0.2, 0) is 16.1 Å². The molecule has 1 aromatic heterocycles. The van der Waals surface area contributed by atoms with Gasteiger partial charge in [-0.05, 0) is 18.2 Å². The molecular formula is C21H22N6O4S. The standard InChI is InChI=1S/C21H22N6O4S/c28-20(22-16-5-4-8-18(13-16)27(29)30)15-32-21-24-23-19(14-25-9-11-31-12-10-25)26(21)17-6-2-1-3-7-17/h1-8,13H,9-12,14-15H2,(H,22,28).